The van der Waals surface area contributed by atoms with Crippen molar-refractivity contribution in [2.45, 2.75) is 83.2 Å². The van der Waals surface area contributed by atoms with Crippen LogP contribution in [-0.2, 0) is 12.5 Å². The van der Waals surface area contributed by atoms with Crippen molar-refractivity contribution in [3.63, 3.8) is 0 Å². The van der Waals surface area contributed by atoms with E-state index in [9.17, 15) is 30.7 Å². The van der Waals surface area contributed by atoms with Gasteiger partial charge in [0.15, 0.2) is 17.5 Å². The van der Waals surface area contributed by atoms with Crippen LogP contribution in [-0.4, -0.2) is 0 Å². The number of benzene rings is 4. The Morgan fingerprint density at radius 3 is 1.96 bits per heavy atom. The average molecular weight is 687 g/mol. The lowest BCUT2D eigenvalue weighted by Crippen LogP contribution is -2.25. The highest BCUT2D eigenvalue weighted by atomic mass is 19.3. The Labute approximate surface area is 281 Å². The fraction of sp³-hybridized carbons (Fsp3) is 0.350. The summed E-state index contributed by atoms with van der Waals surface area (Å²) in [5, 5.41) is 0. The van der Waals surface area contributed by atoms with Gasteiger partial charge in [-0.2, -0.15) is 8.78 Å². The molecule has 0 saturated heterocycles. The Morgan fingerprint density at radius 2 is 1.35 bits per heavy atom. The average Bonchev–Trinajstić information content (AvgIpc) is 3.06. The molecule has 0 spiro atoms. The second-order valence-electron chi connectivity index (χ2n) is 12.8. The number of aryl methyl sites for hydroxylation is 1. The smallest absolute Gasteiger partial charge is 0.429 e. The van der Waals surface area contributed by atoms with E-state index in [4.69, 9.17) is 0 Å². The molecule has 0 unspecified atom stereocenters. The van der Waals surface area contributed by atoms with Crippen molar-refractivity contribution in [1.29, 1.82) is 0 Å². The van der Waals surface area contributed by atoms with Gasteiger partial charge in [0, 0.05) is 12.1 Å². The van der Waals surface area contributed by atoms with Gasteiger partial charge in [0.25, 0.3) is 0 Å². The Balaban J connectivity index is 1.15. The molecule has 4 aromatic carbocycles. The summed E-state index contributed by atoms with van der Waals surface area (Å²) >= 11 is 0. The largest absolute Gasteiger partial charge is 0.432 e. The van der Waals surface area contributed by atoms with Crippen molar-refractivity contribution in [3.8, 4) is 16.9 Å². The molecular formula is C40H38F8O. The van der Waals surface area contributed by atoms with Crippen molar-refractivity contribution >= 4 is 6.08 Å². The second kappa shape index (κ2) is 16.0. The highest BCUT2D eigenvalue weighted by Crippen LogP contribution is 2.39. The molecule has 1 aliphatic rings. The number of unbranched alkanes of at least 4 members (excludes halogenated alkanes) is 2. The third-order valence-electron chi connectivity index (χ3n) is 9.28. The number of halogens is 8. The SMILES string of the molecule is CCCCCC1CCC(c2ccc(-c3ccc(CCC=Cc4cc(F)c(C(F)(F)Oc5cc(F)c(F)c(F)c5)c(F)c4)c(F)c3)cc2)CC1. The molecule has 0 amide bonds. The molecule has 0 aromatic heterocycles. The number of alkyl halides is 2. The minimum Gasteiger partial charge on any atom is -0.429 e. The summed E-state index contributed by atoms with van der Waals surface area (Å²) in [6, 6.07) is 14.9. The number of hydrogen-bond acceptors (Lipinski definition) is 1. The Hall–Kier alpha value is -4.14. The molecule has 1 nitrogen and oxygen atoms in total. The van der Waals surface area contributed by atoms with Gasteiger partial charge in [-0.3, -0.25) is 0 Å². The van der Waals surface area contributed by atoms with Gasteiger partial charge >= 0.3 is 6.11 Å². The summed E-state index contributed by atoms with van der Waals surface area (Å²) in [4.78, 5) is 0. The summed E-state index contributed by atoms with van der Waals surface area (Å²) < 4.78 is 117. The van der Waals surface area contributed by atoms with E-state index < -0.39 is 46.5 Å². The summed E-state index contributed by atoms with van der Waals surface area (Å²) in [5.74, 6) is -9.02. The maximum Gasteiger partial charge on any atom is 0.432 e. The lowest BCUT2D eigenvalue weighted by atomic mass is 9.77. The molecule has 0 aliphatic heterocycles. The number of ether oxygens (including phenoxy) is 1. The molecule has 0 atom stereocenters. The van der Waals surface area contributed by atoms with Crippen LogP contribution in [0, 0.1) is 40.8 Å². The summed E-state index contributed by atoms with van der Waals surface area (Å²) in [5.41, 5.74) is 1.57. The van der Waals surface area contributed by atoms with Gasteiger partial charge in [-0.1, -0.05) is 81.2 Å². The molecule has 0 N–H and O–H groups in total. The highest BCUT2D eigenvalue weighted by Gasteiger charge is 2.41. The molecule has 1 saturated carbocycles. The molecular weight excluding hydrogens is 648 g/mol. The molecule has 9 heteroatoms. The molecule has 4 aromatic rings. The van der Waals surface area contributed by atoms with Crippen molar-refractivity contribution < 1.29 is 39.9 Å². The summed E-state index contributed by atoms with van der Waals surface area (Å²) in [6.07, 6.45) is 8.92. The Kier molecular flexibility index (Phi) is 11.8. The monoisotopic (exact) mass is 686 g/mol. The minimum absolute atomic E-state index is 0.0901. The van der Waals surface area contributed by atoms with Crippen molar-refractivity contribution in [2.75, 3.05) is 0 Å². The molecule has 0 radical (unpaired) electrons. The van der Waals surface area contributed by atoms with Gasteiger partial charge < -0.3 is 4.74 Å². The predicted octanol–water partition coefficient (Wildman–Crippen LogP) is 12.8. The van der Waals surface area contributed by atoms with Gasteiger partial charge in [0.1, 0.15) is 28.8 Å². The first kappa shape index (κ1) is 36.1. The predicted molar refractivity (Wildman–Crippen MR) is 175 cm³/mol. The van der Waals surface area contributed by atoms with E-state index in [2.05, 4.69) is 23.8 Å². The van der Waals surface area contributed by atoms with E-state index >= 15 is 4.39 Å². The third kappa shape index (κ3) is 9.11. The number of allylic oxidation sites excluding steroid dienone is 1. The van der Waals surface area contributed by atoms with E-state index in [1.54, 1.807) is 6.07 Å². The van der Waals surface area contributed by atoms with Gasteiger partial charge in [-0.15, -0.1) is 0 Å². The maximum atomic E-state index is 15.0. The van der Waals surface area contributed by atoms with Gasteiger partial charge in [0.2, 0.25) is 0 Å². The quantitative estimate of drug-likeness (QED) is 0.0773. The molecule has 0 bridgehead atoms. The van der Waals surface area contributed by atoms with Crippen LogP contribution in [0.3, 0.4) is 0 Å². The first-order chi connectivity index (χ1) is 23.4. The molecule has 0 heterocycles. The van der Waals surface area contributed by atoms with Crippen LogP contribution in [0.1, 0.15) is 92.9 Å². The van der Waals surface area contributed by atoms with E-state index in [0.29, 0.717) is 23.6 Å². The molecule has 49 heavy (non-hydrogen) atoms. The van der Waals surface area contributed by atoms with Crippen LogP contribution >= 0.6 is 0 Å². The minimum atomic E-state index is -4.67. The highest BCUT2D eigenvalue weighted by molar-refractivity contribution is 5.64. The maximum absolute atomic E-state index is 15.0. The molecule has 1 fully saturated rings. The zero-order valence-corrected chi connectivity index (χ0v) is 27.2. The molecule has 5 rings (SSSR count). The van der Waals surface area contributed by atoms with E-state index in [1.807, 2.05) is 18.2 Å². The van der Waals surface area contributed by atoms with E-state index in [-0.39, 0.29) is 36.4 Å². The Bertz CT molecular complexity index is 1710. The van der Waals surface area contributed by atoms with Crippen LogP contribution < -0.4 is 4.74 Å². The zero-order valence-electron chi connectivity index (χ0n) is 27.2. The first-order valence-electron chi connectivity index (χ1n) is 16.7. The van der Waals surface area contributed by atoms with Gasteiger partial charge in [-0.25, -0.2) is 26.3 Å². The topological polar surface area (TPSA) is 9.23 Å². The van der Waals surface area contributed by atoms with Crippen LogP contribution in [0.25, 0.3) is 17.2 Å². The molecule has 1 aliphatic carbocycles. The number of hydrogen-bond donors (Lipinski definition) is 0. The fourth-order valence-corrected chi connectivity index (χ4v) is 6.56. The van der Waals surface area contributed by atoms with E-state index in [1.165, 1.54) is 75.1 Å². The van der Waals surface area contributed by atoms with Gasteiger partial charge in [0.05, 0.1) is 0 Å². The summed E-state index contributed by atoms with van der Waals surface area (Å²) in [7, 11) is 0. The Morgan fingerprint density at radius 1 is 0.714 bits per heavy atom. The van der Waals surface area contributed by atoms with Crippen molar-refractivity contribution in [1.82, 2.24) is 0 Å². The zero-order chi connectivity index (χ0) is 35.1. The van der Waals surface area contributed by atoms with Crippen LogP contribution in [0.2, 0.25) is 0 Å². The normalized spacial score (nSPS) is 16.8. The van der Waals surface area contributed by atoms with Crippen molar-refractivity contribution in [2.24, 2.45) is 5.92 Å². The van der Waals surface area contributed by atoms with Crippen LogP contribution in [0.15, 0.2) is 72.8 Å². The third-order valence-corrected chi connectivity index (χ3v) is 9.28. The summed E-state index contributed by atoms with van der Waals surface area (Å²) in [6.45, 7) is 2.24. The van der Waals surface area contributed by atoms with Crippen LogP contribution in [0.4, 0.5) is 35.1 Å². The fourth-order valence-electron chi connectivity index (χ4n) is 6.56. The molecule has 260 valence electrons. The second-order valence-corrected chi connectivity index (χ2v) is 12.8. The van der Waals surface area contributed by atoms with Crippen molar-refractivity contribution in [3.05, 3.63) is 130 Å². The standard InChI is InChI=1S/C40H38F8O/c1-2-3-4-7-25-10-12-27(13-11-25)28-14-16-29(17-15-28)31-19-18-30(33(41)22-31)9-6-5-8-26-20-34(42)38(35(43)21-26)40(47,48)49-32-23-36(44)39(46)37(45)24-32/h5,8,14-25,27H,2-4,6-7,9-13H2,1H3. The van der Waals surface area contributed by atoms with E-state index in [0.717, 1.165) is 17.0 Å². The lowest BCUT2D eigenvalue weighted by Gasteiger charge is -2.29. The number of rotatable bonds is 13. The van der Waals surface area contributed by atoms with Gasteiger partial charge in [-0.05, 0) is 96.4 Å². The van der Waals surface area contributed by atoms with Crippen LogP contribution in [0.5, 0.6) is 5.75 Å². The first-order valence-corrected chi connectivity index (χ1v) is 16.7. The lowest BCUT2D eigenvalue weighted by molar-refractivity contribution is -0.189.